The first kappa shape index (κ1) is 13.8. The number of benzene rings is 1. The van der Waals surface area contributed by atoms with E-state index in [9.17, 15) is 0 Å². The molecule has 96 valence electrons. The molecule has 1 unspecified atom stereocenters. The second-order valence-corrected chi connectivity index (χ2v) is 3.87. The Morgan fingerprint density at radius 2 is 1.94 bits per heavy atom. The molecule has 0 aromatic heterocycles. The van der Waals surface area contributed by atoms with Crippen molar-refractivity contribution in [2.75, 3.05) is 11.9 Å². The Morgan fingerprint density at radius 1 is 1.24 bits per heavy atom. The van der Waals surface area contributed by atoms with Gasteiger partial charge in [-0.05, 0) is 30.7 Å². The summed E-state index contributed by atoms with van der Waals surface area (Å²) in [5, 5.41) is 2.98. The van der Waals surface area contributed by atoms with Gasteiger partial charge in [0.15, 0.2) is 0 Å². The number of anilines is 1. The highest BCUT2D eigenvalue weighted by Crippen LogP contribution is 2.16. The molecule has 0 aliphatic carbocycles. The third-order valence-electron chi connectivity index (χ3n) is 2.37. The Balaban J connectivity index is 2.34. The largest absolute Gasteiger partial charge is 0.494 e. The maximum absolute atomic E-state index is 5.60. The molecule has 5 nitrogen and oxygen atoms in total. The van der Waals surface area contributed by atoms with Gasteiger partial charge in [-0.25, -0.2) is 5.43 Å². The van der Waals surface area contributed by atoms with Crippen molar-refractivity contribution in [1.82, 2.24) is 5.43 Å². The molecule has 0 aliphatic rings. The standard InChI is InChI=1S/C12H22N4O/c1-2-3-4-9-17-11-7-5-10(6-8-11)15-12(13)16-14/h5-8,12,15-16H,2-4,9,13-14H2,1H3. The summed E-state index contributed by atoms with van der Waals surface area (Å²) in [5.41, 5.74) is 8.89. The third-order valence-corrected chi connectivity index (χ3v) is 2.37. The van der Waals surface area contributed by atoms with Crippen molar-refractivity contribution in [2.24, 2.45) is 11.6 Å². The fraction of sp³-hybridized carbons (Fsp3) is 0.500. The minimum absolute atomic E-state index is 0.452. The molecule has 0 radical (unpaired) electrons. The summed E-state index contributed by atoms with van der Waals surface area (Å²) < 4.78 is 5.60. The highest BCUT2D eigenvalue weighted by molar-refractivity contribution is 5.46. The predicted molar refractivity (Wildman–Crippen MR) is 70.4 cm³/mol. The van der Waals surface area contributed by atoms with E-state index in [0.29, 0.717) is 0 Å². The summed E-state index contributed by atoms with van der Waals surface area (Å²) in [7, 11) is 0. The zero-order valence-electron chi connectivity index (χ0n) is 10.3. The van der Waals surface area contributed by atoms with Crippen LogP contribution in [0.2, 0.25) is 0 Å². The van der Waals surface area contributed by atoms with Crippen molar-refractivity contribution in [1.29, 1.82) is 0 Å². The van der Waals surface area contributed by atoms with Crippen molar-refractivity contribution in [3.05, 3.63) is 24.3 Å². The molecule has 17 heavy (non-hydrogen) atoms. The van der Waals surface area contributed by atoms with Crippen LogP contribution in [0, 0.1) is 0 Å². The van der Waals surface area contributed by atoms with Crippen LogP contribution in [-0.4, -0.2) is 12.9 Å². The number of nitrogens with one attached hydrogen (secondary N) is 2. The van der Waals surface area contributed by atoms with Gasteiger partial charge < -0.3 is 10.1 Å². The molecule has 1 aromatic carbocycles. The normalized spacial score (nSPS) is 12.2. The van der Waals surface area contributed by atoms with E-state index in [4.69, 9.17) is 16.3 Å². The van der Waals surface area contributed by atoms with Crippen LogP contribution < -0.4 is 27.1 Å². The summed E-state index contributed by atoms with van der Waals surface area (Å²) in [6, 6.07) is 7.65. The van der Waals surface area contributed by atoms with E-state index in [1.807, 2.05) is 24.3 Å². The third kappa shape index (κ3) is 5.53. The first-order valence-corrected chi connectivity index (χ1v) is 5.97. The van der Waals surface area contributed by atoms with Gasteiger partial charge in [0.05, 0.1) is 6.61 Å². The van der Waals surface area contributed by atoms with Gasteiger partial charge in [-0.2, -0.15) is 0 Å². The lowest BCUT2D eigenvalue weighted by molar-refractivity contribution is 0.306. The van der Waals surface area contributed by atoms with Gasteiger partial charge in [0, 0.05) is 5.69 Å². The van der Waals surface area contributed by atoms with Crippen LogP contribution in [0.5, 0.6) is 5.75 Å². The zero-order valence-corrected chi connectivity index (χ0v) is 10.3. The van der Waals surface area contributed by atoms with Crippen LogP contribution in [0.3, 0.4) is 0 Å². The Hall–Kier alpha value is -1.30. The average molecular weight is 238 g/mol. The number of rotatable bonds is 8. The Kier molecular flexibility index (Phi) is 6.39. The first-order valence-electron chi connectivity index (χ1n) is 5.97. The number of hydrogen-bond donors (Lipinski definition) is 4. The number of hydrogen-bond acceptors (Lipinski definition) is 5. The summed E-state index contributed by atoms with van der Waals surface area (Å²) in [4.78, 5) is 0. The molecule has 0 heterocycles. The van der Waals surface area contributed by atoms with Crippen molar-refractivity contribution < 1.29 is 4.74 Å². The predicted octanol–water partition coefficient (Wildman–Crippen LogP) is 1.37. The summed E-state index contributed by atoms with van der Waals surface area (Å²) in [6.07, 6.45) is 3.05. The van der Waals surface area contributed by atoms with Crippen molar-refractivity contribution in [3.63, 3.8) is 0 Å². The van der Waals surface area contributed by atoms with Gasteiger partial charge in [0.25, 0.3) is 0 Å². The molecule has 0 aliphatic heterocycles. The highest BCUT2D eigenvalue weighted by Gasteiger charge is 1.99. The van der Waals surface area contributed by atoms with Gasteiger partial charge in [-0.3, -0.25) is 11.6 Å². The molecule has 0 bridgehead atoms. The average Bonchev–Trinajstić information content (AvgIpc) is 2.36. The minimum atomic E-state index is -0.452. The van der Waals surface area contributed by atoms with E-state index >= 15 is 0 Å². The smallest absolute Gasteiger partial charge is 0.142 e. The quantitative estimate of drug-likeness (QED) is 0.238. The van der Waals surface area contributed by atoms with Gasteiger partial charge in [-0.15, -0.1) is 0 Å². The van der Waals surface area contributed by atoms with Crippen LogP contribution in [0.15, 0.2) is 24.3 Å². The van der Waals surface area contributed by atoms with E-state index < -0.39 is 6.29 Å². The first-order chi connectivity index (χ1) is 8.26. The Morgan fingerprint density at radius 3 is 2.53 bits per heavy atom. The van der Waals surface area contributed by atoms with Crippen LogP contribution in [0.1, 0.15) is 26.2 Å². The zero-order chi connectivity index (χ0) is 12.5. The number of ether oxygens (including phenoxy) is 1. The topological polar surface area (TPSA) is 85.3 Å². The van der Waals surface area contributed by atoms with Gasteiger partial charge in [0.2, 0.25) is 0 Å². The molecule has 0 amide bonds. The second-order valence-electron chi connectivity index (χ2n) is 3.87. The maximum Gasteiger partial charge on any atom is 0.142 e. The highest BCUT2D eigenvalue weighted by atomic mass is 16.5. The van der Waals surface area contributed by atoms with E-state index in [1.54, 1.807) is 0 Å². The minimum Gasteiger partial charge on any atom is -0.494 e. The molecule has 5 heteroatoms. The van der Waals surface area contributed by atoms with Crippen LogP contribution in [0.4, 0.5) is 5.69 Å². The van der Waals surface area contributed by atoms with Crippen molar-refractivity contribution >= 4 is 5.69 Å². The number of hydrazine groups is 1. The van der Waals surface area contributed by atoms with E-state index in [2.05, 4.69) is 17.7 Å². The van der Waals surface area contributed by atoms with Crippen LogP contribution in [0.25, 0.3) is 0 Å². The van der Waals surface area contributed by atoms with Gasteiger partial charge >= 0.3 is 0 Å². The maximum atomic E-state index is 5.60. The lowest BCUT2D eigenvalue weighted by Crippen LogP contribution is -2.47. The number of unbranched alkanes of at least 4 members (excludes halogenated alkanes) is 2. The van der Waals surface area contributed by atoms with E-state index in [-0.39, 0.29) is 0 Å². The molecular formula is C12H22N4O. The van der Waals surface area contributed by atoms with Crippen LogP contribution >= 0.6 is 0 Å². The fourth-order valence-electron chi connectivity index (χ4n) is 1.41. The fourth-order valence-corrected chi connectivity index (χ4v) is 1.41. The summed E-state index contributed by atoms with van der Waals surface area (Å²) in [6.45, 7) is 2.94. The molecule has 0 saturated heterocycles. The van der Waals surface area contributed by atoms with E-state index in [0.717, 1.165) is 24.5 Å². The second kappa shape index (κ2) is 7.89. The molecule has 0 spiro atoms. The molecule has 0 fully saturated rings. The summed E-state index contributed by atoms with van der Waals surface area (Å²) in [5.74, 6) is 6.06. The molecule has 1 atom stereocenters. The van der Waals surface area contributed by atoms with Gasteiger partial charge in [0.1, 0.15) is 12.0 Å². The Bertz CT molecular complexity index is 302. The SMILES string of the molecule is CCCCCOc1ccc(NC(N)NN)cc1. The molecule has 1 aromatic rings. The monoisotopic (exact) mass is 238 g/mol. The van der Waals surface area contributed by atoms with Crippen LogP contribution in [-0.2, 0) is 0 Å². The van der Waals surface area contributed by atoms with Gasteiger partial charge in [-0.1, -0.05) is 19.8 Å². The van der Waals surface area contributed by atoms with Crippen molar-refractivity contribution in [2.45, 2.75) is 32.5 Å². The lowest BCUT2D eigenvalue weighted by atomic mass is 10.2. The molecule has 0 saturated carbocycles. The molecular weight excluding hydrogens is 216 g/mol. The van der Waals surface area contributed by atoms with E-state index in [1.165, 1.54) is 12.8 Å². The summed E-state index contributed by atoms with van der Waals surface area (Å²) >= 11 is 0. The number of nitrogens with two attached hydrogens (primary N) is 2. The van der Waals surface area contributed by atoms with Crippen molar-refractivity contribution in [3.8, 4) is 5.75 Å². The molecule has 1 rings (SSSR count). The molecule has 6 N–H and O–H groups in total. The lowest BCUT2D eigenvalue weighted by Gasteiger charge is -2.14. The Labute approximate surface area is 102 Å².